The Morgan fingerprint density at radius 3 is 2.18 bits per heavy atom. The first-order chi connectivity index (χ1) is 16.0. The molecule has 2 aromatic carbocycles. The van der Waals surface area contributed by atoms with E-state index < -0.39 is 0 Å². The molecule has 0 saturated carbocycles. The van der Waals surface area contributed by atoms with Gasteiger partial charge >= 0.3 is 0 Å². The standard InChI is InChI=1S/C25H29FN2O5/c1-31-21-13-19(14-22(15-21)32-2)25(30)27-9-7-18(8-10-27)24(29)28-11-12-33-23(16-28)17-3-5-20(26)6-4-17/h3-6,13-15,18,23H,7-12,16H2,1-2H3. The van der Waals surface area contributed by atoms with E-state index in [9.17, 15) is 14.0 Å². The van der Waals surface area contributed by atoms with Gasteiger partial charge in [-0.15, -0.1) is 0 Å². The van der Waals surface area contributed by atoms with E-state index in [1.54, 1.807) is 49.5 Å². The summed E-state index contributed by atoms with van der Waals surface area (Å²) < 4.78 is 29.6. The molecule has 33 heavy (non-hydrogen) atoms. The Bertz CT molecular complexity index is 967. The first-order valence-electron chi connectivity index (χ1n) is 11.2. The molecular weight excluding hydrogens is 427 g/mol. The molecule has 2 saturated heterocycles. The second-order valence-corrected chi connectivity index (χ2v) is 8.36. The quantitative estimate of drug-likeness (QED) is 0.691. The van der Waals surface area contributed by atoms with Crippen LogP contribution in [0.4, 0.5) is 4.39 Å². The van der Waals surface area contributed by atoms with Crippen LogP contribution in [0.1, 0.15) is 34.9 Å². The molecule has 4 rings (SSSR count). The van der Waals surface area contributed by atoms with Crippen molar-refractivity contribution in [2.75, 3.05) is 47.0 Å². The Morgan fingerprint density at radius 1 is 0.939 bits per heavy atom. The number of morpholine rings is 1. The molecule has 2 heterocycles. The number of nitrogens with zero attached hydrogens (tertiary/aromatic N) is 2. The van der Waals surface area contributed by atoms with Crippen molar-refractivity contribution in [1.29, 1.82) is 0 Å². The zero-order chi connectivity index (χ0) is 23.4. The first-order valence-corrected chi connectivity index (χ1v) is 11.2. The van der Waals surface area contributed by atoms with E-state index in [1.807, 2.05) is 4.90 Å². The molecule has 2 aromatic rings. The van der Waals surface area contributed by atoms with Crippen LogP contribution >= 0.6 is 0 Å². The van der Waals surface area contributed by atoms with Crippen LogP contribution in [0.3, 0.4) is 0 Å². The summed E-state index contributed by atoms with van der Waals surface area (Å²) in [6.45, 7) is 2.47. The number of benzene rings is 2. The van der Waals surface area contributed by atoms with E-state index in [4.69, 9.17) is 14.2 Å². The molecule has 0 bridgehead atoms. The molecule has 1 unspecified atom stereocenters. The van der Waals surface area contributed by atoms with E-state index in [0.29, 0.717) is 62.7 Å². The number of piperidine rings is 1. The monoisotopic (exact) mass is 456 g/mol. The first kappa shape index (κ1) is 23.0. The topological polar surface area (TPSA) is 68.3 Å². The molecule has 2 aliphatic heterocycles. The fourth-order valence-electron chi connectivity index (χ4n) is 4.43. The Morgan fingerprint density at radius 2 is 1.58 bits per heavy atom. The molecule has 176 valence electrons. The number of hydrogen-bond acceptors (Lipinski definition) is 5. The Kier molecular flexibility index (Phi) is 7.13. The third-order valence-corrected chi connectivity index (χ3v) is 6.35. The smallest absolute Gasteiger partial charge is 0.254 e. The third-order valence-electron chi connectivity index (χ3n) is 6.35. The van der Waals surface area contributed by atoms with E-state index in [-0.39, 0.29) is 29.7 Å². The molecule has 0 aliphatic carbocycles. The molecule has 0 radical (unpaired) electrons. The average Bonchev–Trinajstić information content (AvgIpc) is 2.88. The molecule has 0 N–H and O–H groups in total. The van der Waals surface area contributed by atoms with Gasteiger partial charge in [-0.05, 0) is 42.7 Å². The number of hydrogen-bond donors (Lipinski definition) is 0. The van der Waals surface area contributed by atoms with Crippen LogP contribution in [0.25, 0.3) is 0 Å². The lowest BCUT2D eigenvalue weighted by Crippen LogP contribution is -2.48. The van der Waals surface area contributed by atoms with Gasteiger partial charge in [0.25, 0.3) is 5.91 Å². The van der Waals surface area contributed by atoms with Gasteiger partial charge < -0.3 is 24.0 Å². The maximum absolute atomic E-state index is 13.2. The normalized spacial score (nSPS) is 19.3. The SMILES string of the molecule is COc1cc(OC)cc(C(=O)N2CCC(C(=O)N3CCOC(c4ccc(F)cc4)C3)CC2)c1. The summed E-state index contributed by atoms with van der Waals surface area (Å²) in [7, 11) is 3.10. The number of methoxy groups -OCH3 is 2. The lowest BCUT2D eigenvalue weighted by molar-refractivity contribution is -0.144. The van der Waals surface area contributed by atoms with E-state index in [1.165, 1.54) is 12.1 Å². The van der Waals surface area contributed by atoms with Gasteiger partial charge in [-0.2, -0.15) is 0 Å². The summed E-state index contributed by atoms with van der Waals surface area (Å²) in [6, 6.07) is 11.3. The zero-order valence-corrected chi connectivity index (χ0v) is 19.0. The highest BCUT2D eigenvalue weighted by atomic mass is 19.1. The predicted octanol–water partition coefficient (Wildman–Crippen LogP) is 3.30. The minimum absolute atomic E-state index is 0.0964. The molecular formula is C25H29FN2O5. The van der Waals surface area contributed by atoms with Gasteiger partial charge in [0.2, 0.25) is 5.91 Å². The van der Waals surface area contributed by atoms with Crippen molar-refractivity contribution >= 4 is 11.8 Å². The maximum Gasteiger partial charge on any atom is 0.254 e. The van der Waals surface area contributed by atoms with Gasteiger partial charge in [-0.1, -0.05) is 12.1 Å². The number of amides is 2. The number of carbonyl (C=O) groups excluding carboxylic acids is 2. The summed E-state index contributed by atoms with van der Waals surface area (Å²) in [5.41, 5.74) is 1.37. The summed E-state index contributed by atoms with van der Waals surface area (Å²) in [4.78, 5) is 29.8. The minimum Gasteiger partial charge on any atom is -0.497 e. The fourth-order valence-corrected chi connectivity index (χ4v) is 4.43. The summed E-state index contributed by atoms with van der Waals surface area (Å²) in [6.07, 6.45) is 0.974. The number of halogens is 1. The number of likely N-dealkylation sites (tertiary alicyclic amines) is 1. The predicted molar refractivity (Wildman–Crippen MR) is 120 cm³/mol. The van der Waals surface area contributed by atoms with Crippen molar-refractivity contribution < 1.29 is 28.2 Å². The van der Waals surface area contributed by atoms with Crippen molar-refractivity contribution in [3.05, 3.63) is 59.4 Å². The second-order valence-electron chi connectivity index (χ2n) is 8.36. The Balaban J connectivity index is 1.35. The van der Waals surface area contributed by atoms with Crippen molar-refractivity contribution in [2.24, 2.45) is 5.92 Å². The van der Waals surface area contributed by atoms with Gasteiger partial charge in [-0.3, -0.25) is 9.59 Å². The largest absolute Gasteiger partial charge is 0.497 e. The minimum atomic E-state index is -0.295. The lowest BCUT2D eigenvalue weighted by atomic mass is 9.94. The zero-order valence-electron chi connectivity index (χ0n) is 19.0. The number of rotatable bonds is 5. The number of ether oxygens (including phenoxy) is 3. The highest BCUT2D eigenvalue weighted by molar-refractivity contribution is 5.95. The van der Waals surface area contributed by atoms with Crippen LogP contribution < -0.4 is 9.47 Å². The van der Waals surface area contributed by atoms with Gasteiger partial charge in [0.15, 0.2) is 0 Å². The summed E-state index contributed by atoms with van der Waals surface area (Å²) >= 11 is 0. The molecule has 0 aromatic heterocycles. The lowest BCUT2D eigenvalue weighted by Gasteiger charge is -2.38. The molecule has 8 heteroatoms. The summed E-state index contributed by atoms with van der Waals surface area (Å²) in [5.74, 6) is 0.704. The molecule has 1 atom stereocenters. The van der Waals surface area contributed by atoms with Crippen LogP contribution in [0, 0.1) is 11.7 Å². The third kappa shape index (κ3) is 5.27. The van der Waals surface area contributed by atoms with Crippen LogP contribution in [0.15, 0.2) is 42.5 Å². The van der Waals surface area contributed by atoms with Crippen molar-refractivity contribution in [1.82, 2.24) is 9.80 Å². The highest BCUT2D eigenvalue weighted by Gasteiger charge is 2.33. The van der Waals surface area contributed by atoms with Gasteiger partial charge in [-0.25, -0.2) is 4.39 Å². The van der Waals surface area contributed by atoms with Crippen molar-refractivity contribution in [3.8, 4) is 11.5 Å². The van der Waals surface area contributed by atoms with Crippen LogP contribution in [-0.4, -0.2) is 68.6 Å². The van der Waals surface area contributed by atoms with Crippen LogP contribution in [-0.2, 0) is 9.53 Å². The molecule has 2 amide bonds. The molecule has 2 aliphatic rings. The van der Waals surface area contributed by atoms with E-state index >= 15 is 0 Å². The second kappa shape index (κ2) is 10.2. The summed E-state index contributed by atoms with van der Waals surface area (Å²) in [5, 5.41) is 0. The van der Waals surface area contributed by atoms with Crippen molar-refractivity contribution in [2.45, 2.75) is 18.9 Å². The Labute approximate surface area is 193 Å². The fraction of sp³-hybridized carbons (Fsp3) is 0.440. The van der Waals surface area contributed by atoms with Crippen LogP contribution in [0.2, 0.25) is 0 Å². The van der Waals surface area contributed by atoms with E-state index in [2.05, 4.69) is 0 Å². The molecule has 2 fully saturated rings. The highest BCUT2D eigenvalue weighted by Crippen LogP contribution is 2.28. The number of carbonyl (C=O) groups is 2. The molecule has 7 nitrogen and oxygen atoms in total. The maximum atomic E-state index is 13.2. The average molecular weight is 457 g/mol. The molecule has 0 spiro atoms. The van der Waals surface area contributed by atoms with Gasteiger partial charge in [0.1, 0.15) is 23.4 Å². The van der Waals surface area contributed by atoms with Crippen LogP contribution in [0.5, 0.6) is 11.5 Å². The van der Waals surface area contributed by atoms with E-state index in [0.717, 1.165) is 5.56 Å². The van der Waals surface area contributed by atoms with Gasteiger partial charge in [0.05, 0.1) is 27.4 Å². The van der Waals surface area contributed by atoms with Crippen molar-refractivity contribution in [3.63, 3.8) is 0 Å². The van der Waals surface area contributed by atoms with Gasteiger partial charge in [0, 0.05) is 37.2 Å². The Hall–Kier alpha value is -3.13.